The largest absolute Gasteiger partial charge is 0.496 e. The van der Waals surface area contributed by atoms with Gasteiger partial charge in [0, 0.05) is 11.6 Å². The zero-order valence-electron chi connectivity index (χ0n) is 15.0. The van der Waals surface area contributed by atoms with Crippen molar-refractivity contribution in [2.45, 2.75) is 38.3 Å². The van der Waals surface area contributed by atoms with Gasteiger partial charge in [0.2, 0.25) is 6.10 Å². The number of methoxy groups -OCH3 is 1. The molecule has 1 unspecified atom stereocenters. The van der Waals surface area contributed by atoms with Gasteiger partial charge in [-0.3, -0.25) is 9.59 Å². The number of benzene rings is 2. The number of carbonyl (C=O) groups is 2. The summed E-state index contributed by atoms with van der Waals surface area (Å²) >= 11 is 0. The quantitative estimate of drug-likeness (QED) is 0.777. The first-order valence-electron chi connectivity index (χ1n) is 8.75. The first kappa shape index (κ1) is 18.0. The molecule has 0 bridgehead atoms. The minimum atomic E-state index is -0.934. The van der Waals surface area contributed by atoms with Crippen molar-refractivity contribution in [1.82, 2.24) is 5.32 Å². The Bertz CT molecular complexity index is 784. The molecule has 0 radical (unpaired) electrons. The Morgan fingerprint density at radius 2 is 1.88 bits per heavy atom. The van der Waals surface area contributed by atoms with Crippen molar-refractivity contribution in [3.8, 4) is 5.75 Å². The Balaban J connectivity index is 1.71. The lowest BCUT2D eigenvalue weighted by Gasteiger charge is -2.18. The van der Waals surface area contributed by atoms with Crippen LogP contribution in [0.1, 0.15) is 35.6 Å². The summed E-state index contributed by atoms with van der Waals surface area (Å²) in [4.78, 5) is 25.0. The van der Waals surface area contributed by atoms with Crippen LogP contribution in [-0.2, 0) is 20.7 Å². The van der Waals surface area contributed by atoms with Crippen LogP contribution in [0.5, 0.6) is 5.75 Å². The number of carbonyl (C=O) groups excluding carboxylic acids is 2. The number of hydrogen-bond donors (Lipinski definition) is 1. The van der Waals surface area contributed by atoms with Crippen LogP contribution >= 0.6 is 0 Å². The molecule has 1 N–H and O–H groups in total. The molecule has 3 rings (SSSR count). The van der Waals surface area contributed by atoms with E-state index in [4.69, 9.17) is 9.47 Å². The van der Waals surface area contributed by atoms with E-state index in [9.17, 15) is 9.59 Å². The molecule has 0 heterocycles. The van der Waals surface area contributed by atoms with Gasteiger partial charge in [0.05, 0.1) is 13.5 Å². The number of hydrogen-bond acceptors (Lipinski definition) is 4. The van der Waals surface area contributed by atoms with Gasteiger partial charge in [-0.1, -0.05) is 42.5 Å². The first-order valence-corrected chi connectivity index (χ1v) is 8.75. The maximum atomic E-state index is 12.5. The van der Waals surface area contributed by atoms with Crippen LogP contribution in [0.15, 0.2) is 48.5 Å². The zero-order valence-corrected chi connectivity index (χ0v) is 15.0. The molecule has 1 amide bonds. The average molecular weight is 353 g/mol. The van der Waals surface area contributed by atoms with E-state index in [0.717, 1.165) is 29.7 Å². The summed E-state index contributed by atoms with van der Waals surface area (Å²) < 4.78 is 10.8. The highest BCUT2D eigenvalue weighted by molar-refractivity contribution is 5.85. The molecule has 0 aromatic heterocycles. The third kappa shape index (κ3) is 4.63. The highest BCUT2D eigenvalue weighted by Crippen LogP contribution is 2.24. The van der Waals surface area contributed by atoms with Crippen LogP contribution in [-0.4, -0.2) is 25.0 Å². The molecule has 1 aliphatic rings. The molecule has 1 atom stereocenters. The molecule has 26 heavy (non-hydrogen) atoms. The van der Waals surface area contributed by atoms with E-state index in [-0.39, 0.29) is 18.4 Å². The number of rotatable bonds is 7. The fourth-order valence-corrected chi connectivity index (χ4v) is 2.72. The number of amides is 1. The minimum Gasteiger partial charge on any atom is -0.496 e. The van der Waals surface area contributed by atoms with Crippen molar-refractivity contribution in [2.24, 2.45) is 0 Å². The van der Waals surface area contributed by atoms with Crippen molar-refractivity contribution < 1.29 is 19.1 Å². The predicted molar refractivity (Wildman–Crippen MR) is 97.9 cm³/mol. The van der Waals surface area contributed by atoms with Gasteiger partial charge >= 0.3 is 5.97 Å². The second-order valence-electron chi connectivity index (χ2n) is 6.54. The highest BCUT2D eigenvalue weighted by atomic mass is 16.5. The molecule has 1 saturated carbocycles. The Labute approximate surface area is 153 Å². The lowest BCUT2D eigenvalue weighted by molar-refractivity contribution is -0.156. The van der Waals surface area contributed by atoms with Gasteiger partial charge in [0.1, 0.15) is 5.75 Å². The molecule has 0 spiro atoms. The van der Waals surface area contributed by atoms with Gasteiger partial charge in [-0.2, -0.15) is 0 Å². The van der Waals surface area contributed by atoms with E-state index in [1.807, 2.05) is 43.3 Å². The van der Waals surface area contributed by atoms with Gasteiger partial charge in [-0.15, -0.1) is 0 Å². The van der Waals surface area contributed by atoms with Crippen LogP contribution in [0, 0.1) is 6.92 Å². The molecule has 0 saturated heterocycles. The number of esters is 1. The van der Waals surface area contributed by atoms with Gasteiger partial charge in [0.15, 0.2) is 0 Å². The maximum absolute atomic E-state index is 12.5. The normalized spacial score (nSPS) is 14.4. The summed E-state index contributed by atoms with van der Waals surface area (Å²) in [5.41, 5.74) is 2.45. The third-order valence-electron chi connectivity index (χ3n) is 4.33. The molecule has 2 aromatic rings. The molecule has 0 aliphatic heterocycles. The van der Waals surface area contributed by atoms with Crippen LogP contribution in [0.2, 0.25) is 0 Å². The standard InChI is InChI=1S/C21H23NO4/c1-14-8-9-15(12-18(14)25-2)13-19(23)26-20(16-6-4-3-5-7-16)21(24)22-17-10-11-17/h3-9,12,17,20H,10-11,13H2,1-2H3,(H,22,24). The van der Waals surface area contributed by atoms with E-state index in [1.165, 1.54) is 0 Å². The van der Waals surface area contributed by atoms with Crippen LogP contribution in [0.4, 0.5) is 0 Å². The number of aryl methyl sites for hydroxylation is 1. The highest BCUT2D eigenvalue weighted by Gasteiger charge is 2.30. The van der Waals surface area contributed by atoms with Crippen LogP contribution < -0.4 is 10.1 Å². The second-order valence-corrected chi connectivity index (χ2v) is 6.54. The van der Waals surface area contributed by atoms with E-state index < -0.39 is 12.1 Å². The topological polar surface area (TPSA) is 64.6 Å². The second kappa shape index (κ2) is 8.04. The zero-order chi connectivity index (χ0) is 18.5. The Kier molecular flexibility index (Phi) is 5.56. The molecular weight excluding hydrogens is 330 g/mol. The third-order valence-corrected chi connectivity index (χ3v) is 4.33. The molecule has 1 aliphatic carbocycles. The predicted octanol–water partition coefficient (Wildman–Crippen LogP) is 3.11. The Morgan fingerprint density at radius 3 is 2.54 bits per heavy atom. The van der Waals surface area contributed by atoms with Crippen molar-refractivity contribution in [2.75, 3.05) is 7.11 Å². The summed E-state index contributed by atoms with van der Waals surface area (Å²) in [6, 6.07) is 14.9. The summed E-state index contributed by atoms with van der Waals surface area (Å²) in [5, 5.41) is 2.91. The van der Waals surface area contributed by atoms with E-state index >= 15 is 0 Å². The number of nitrogens with one attached hydrogen (secondary N) is 1. The van der Waals surface area contributed by atoms with Crippen LogP contribution in [0.25, 0.3) is 0 Å². The van der Waals surface area contributed by atoms with Crippen LogP contribution in [0.3, 0.4) is 0 Å². The monoisotopic (exact) mass is 353 g/mol. The summed E-state index contributed by atoms with van der Waals surface area (Å²) in [5.74, 6) is 0.00521. The molecule has 5 heteroatoms. The summed E-state index contributed by atoms with van der Waals surface area (Å²) in [7, 11) is 1.60. The summed E-state index contributed by atoms with van der Waals surface area (Å²) in [6.07, 6.45) is 1.10. The average Bonchev–Trinajstić information content (AvgIpc) is 3.46. The number of ether oxygens (including phenoxy) is 2. The molecular formula is C21H23NO4. The lowest BCUT2D eigenvalue weighted by Crippen LogP contribution is -2.33. The van der Waals surface area contributed by atoms with Crippen molar-refractivity contribution >= 4 is 11.9 Å². The smallest absolute Gasteiger partial charge is 0.311 e. The van der Waals surface area contributed by atoms with Gasteiger partial charge in [0.25, 0.3) is 5.91 Å². The Morgan fingerprint density at radius 1 is 1.15 bits per heavy atom. The SMILES string of the molecule is COc1cc(CC(=O)OC(C(=O)NC2CC2)c2ccccc2)ccc1C. The molecule has 5 nitrogen and oxygen atoms in total. The van der Waals surface area contributed by atoms with Gasteiger partial charge in [-0.05, 0) is 37.0 Å². The minimum absolute atomic E-state index is 0.0800. The first-order chi connectivity index (χ1) is 12.6. The summed E-state index contributed by atoms with van der Waals surface area (Å²) in [6.45, 7) is 1.94. The van der Waals surface area contributed by atoms with Crippen molar-refractivity contribution in [3.63, 3.8) is 0 Å². The lowest BCUT2D eigenvalue weighted by atomic mass is 10.1. The fourth-order valence-electron chi connectivity index (χ4n) is 2.72. The molecule has 136 valence electrons. The van der Waals surface area contributed by atoms with E-state index in [2.05, 4.69) is 5.32 Å². The van der Waals surface area contributed by atoms with Crippen molar-refractivity contribution in [1.29, 1.82) is 0 Å². The molecule has 2 aromatic carbocycles. The van der Waals surface area contributed by atoms with Crippen molar-refractivity contribution in [3.05, 3.63) is 65.2 Å². The van der Waals surface area contributed by atoms with Gasteiger partial charge < -0.3 is 14.8 Å². The van der Waals surface area contributed by atoms with E-state index in [1.54, 1.807) is 19.2 Å². The molecule has 1 fully saturated rings. The maximum Gasteiger partial charge on any atom is 0.311 e. The fraction of sp³-hybridized carbons (Fsp3) is 0.333. The van der Waals surface area contributed by atoms with Gasteiger partial charge in [-0.25, -0.2) is 0 Å². The Hall–Kier alpha value is -2.82. The van der Waals surface area contributed by atoms with E-state index in [0.29, 0.717) is 5.56 Å².